The minimum Gasteiger partial charge on any atom is -0.507 e. The van der Waals surface area contributed by atoms with Crippen LogP contribution in [0.1, 0.15) is 63.1 Å². The molecule has 2 unspecified atom stereocenters. The second-order valence-corrected chi connectivity index (χ2v) is 6.88. The van der Waals surface area contributed by atoms with Crippen molar-refractivity contribution in [1.29, 1.82) is 0 Å². The summed E-state index contributed by atoms with van der Waals surface area (Å²) in [7, 11) is 0. The number of unbranched alkanes of at least 4 members (excludes halogenated alkanes) is 3. The number of phenolic OH excluding ortho intramolecular Hbond substituents is 1. The largest absolute Gasteiger partial charge is 0.507 e. The third-order valence-corrected chi connectivity index (χ3v) is 5.02. The number of benzene rings is 1. The molecule has 0 aliphatic carbocycles. The maximum atomic E-state index is 10.6. The molecular weight excluding hydrogens is 286 g/mol. The Kier molecular flexibility index (Phi) is 4.76. The highest BCUT2D eigenvalue weighted by Gasteiger charge is 2.38. The lowest BCUT2D eigenvalue weighted by molar-refractivity contribution is -0.903. The molecule has 3 nitrogen and oxygen atoms in total. The number of phenols is 1. The molecule has 3 heteroatoms. The van der Waals surface area contributed by atoms with Gasteiger partial charge in [-0.1, -0.05) is 31.8 Å². The van der Waals surface area contributed by atoms with Crippen molar-refractivity contribution in [2.75, 3.05) is 6.54 Å². The van der Waals surface area contributed by atoms with E-state index >= 15 is 0 Å². The number of hydrogen-bond acceptors (Lipinski definition) is 2. The summed E-state index contributed by atoms with van der Waals surface area (Å²) in [5.41, 5.74) is 3.45. The fraction of sp³-hybridized carbons (Fsp3) is 0.500. The Bertz CT molecular complexity index is 633. The van der Waals surface area contributed by atoms with E-state index in [4.69, 9.17) is 4.74 Å². The Morgan fingerprint density at radius 1 is 1.30 bits per heavy atom. The van der Waals surface area contributed by atoms with Crippen LogP contribution in [0.2, 0.25) is 0 Å². The van der Waals surface area contributed by atoms with Gasteiger partial charge in [0, 0.05) is 13.0 Å². The lowest BCUT2D eigenvalue weighted by atomic mass is 9.93. The molecule has 2 aliphatic heterocycles. The van der Waals surface area contributed by atoms with Gasteiger partial charge in [-0.2, -0.15) is 0 Å². The third kappa shape index (κ3) is 3.30. The molecule has 0 radical (unpaired) electrons. The zero-order chi connectivity index (χ0) is 16.4. The van der Waals surface area contributed by atoms with E-state index in [9.17, 15) is 5.11 Å². The summed E-state index contributed by atoms with van der Waals surface area (Å²) < 4.78 is 5.96. The lowest BCUT2D eigenvalue weighted by Gasteiger charge is -2.36. The van der Waals surface area contributed by atoms with Gasteiger partial charge in [0.25, 0.3) is 5.88 Å². The molecule has 2 atom stereocenters. The number of aryl methyl sites for hydroxylation is 1. The van der Waals surface area contributed by atoms with Crippen LogP contribution in [-0.2, 0) is 6.42 Å². The standard InChI is InChI=1S/C20H27NO2/c1-4-5-6-7-8-16-12-18(22)20-17-11-14(2)9-10-21(17)15(3)23-19(20)13-16/h11-13,17,22H,3-10H2,1-2H3/p+1. The van der Waals surface area contributed by atoms with E-state index in [1.807, 2.05) is 6.07 Å². The van der Waals surface area contributed by atoms with Gasteiger partial charge >= 0.3 is 0 Å². The van der Waals surface area contributed by atoms with E-state index in [1.165, 1.54) is 29.7 Å². The van der Waals surface area contributed by atoms with Crippen molar-refractivity contribution < 1.29 is 14.7 Å². The summed E-state index contributed by atoms with van der Waals surface area (Å²) in [6.45, 7) is 9.45. The molecule has 2 heterocycles. The van der Waals surface area contributed by atoms with Crippen molar-refractivity contribution >= 4 is 0 Å². The predicted molar refractivity (Wildman–Crippen MR) is 92.7 cm³/mol. The molecule has 0 spiro atoms. The van der Waals surface area contributed by atoms with Crippen LogP contribution in [0.15, 0.2) is 36.2 Å². The SMILES string of the molecule is C=C1Oc2cc(CCCCCC)cc(O)c2C2C=C(C)CC[NH+]12. The Hall–Kier alpha value is -1.74. The van der Waals surface area contributed by atoms with Gasteiger partial charge in [-0.3, -0.25) is 4.90 Å². The van der Waals surface area contributed by atoms with E-state index in [0.717, 1.165) is 48.6 Å². The number of fused-ring (bicyclic) bond motifs is 3. The van der Waals surface area contributed by atoms with E-state index < -0.39 is 0 Å². The van der Waals surface area contributed by atoms with Crippen molar-refractivity contribution in [3.8, 4) is 11.5 Å². The Morgan fingerprint density at radius 2 is 2.13 bits per heavy atom. The number of aromatic hydroxyl groups is 1. The Labute approximate surface area is 139 Å². The second kappa shape index (κ2) is 6.79. The average Bonchev–Trinajstić information content (AvgIpc) is 2.51. The summed E-state index contributed by atoms with van der Waals surface area (Å²) in [4.78, 5) is 1.22. The Morgan fingerprint density at radius 3 is 2.91 bits per heavy atom. The van der Waals surface area contributed by atoms with Crippen LogP contribution in [0.4, 0.5) is 0 Å². The molecule has 0 aromatic heterocycles. The molecule has 0 fully saturated rings. The molecule has 23 heavy (non-hydrogen) atoms. The lowest BCUT2D eigenvalue weighted by Crippen LogP contribution is -3.12. The van der Waals surface area contributed by atoms with Gasteiger partial charge < -0.3 is 9.84 Å². The number of quaternary nitrogens is 1. The van der Waals surface area contributed by atoms with Crippen LogP contribution in [0.5, 0.6) is 11.5 Å². The highest BCUT2D eigenvalue weighted by molar-refractivity contribution is 5.51. The molecule has 1 aromatic carbocycles. The molecule has 0 saturated carbocycles. The number of nitrogens with one attached hydrogen (secondary N) is 1. The average molecular weight is 314 g/mol. The van der Waals surface area contributed by atoms with Gasteiger partial charge in [-0.15, -0.1) is 0 Å². The first kappa shape index (κ1) is 16.1. The van der Waals surface area contributed by atoms with Crippen molar-refractivity contribution in [3.05, 3.63) is 47.4 Å². The van der Waals surface area contributed by atoms with Gasteiger partial charge in [0.05, 0.1) is 12.1 Å². The fourth-order valence-corrected chi connectivity index (χ4v) is 3.69. The van der Waals surface area contributed by atoms with Gasteiger partial charge in [0.2, 0.25) is 0 Å². The van der Waals surface area contributed by atoms with Crippen LogP contribution in [0.25, 0.3) is 0 Å². The zero-order valence-corrected chi connectivity index (χ0v) is 14.3. The highest BCUT2D eigenvalue weighted by Crippen LogP contribution is 2.39. The zero-order valence-electron chi connectivity index (χ0n) is 14.3. The van der Waals surface area contributed by atoms with Crippen LogP contribution < -0.4 is 9.64 Å². The molecule has 124 valence electrons. The second-order valence-electron chi connectivity index (χ2n) is 6.88. The molecule has 2 aliphatic rings. The summed E-state index contributed by atoms with van der Waals surface area (Å²) in [6, 6.07) is 4.16. The number of hydrogen-bond donors (Lipinski definition) is 2. The van der Waals surface area contributed by atoms with Crippen molar-refractivity contribution in [1.82, 2.24) is 0 Å². The molecular formula is C20H28NO2+. The monoisotopic (exact) mass is 314 g/mol. The van der Waals surface area contributed by atoms with Crippen LogP contribution in [-0.4, -0.2) is 11.7 Å². The molecule has 2 N–H and O–H groups in total. The van der Waals surface area contributed by atoms with Crippen LogP contribution in [0.3, 0.4) is 0 Å². The first-order valence-electron chi connectivity index (χ1n) is 8.86. The van der Waals surface area contributed by atoms with E-state index in [1.54, 1.807) is 0 Å². The normalized spacial score (nSPS) is 22.9. The van der Waals surface area contributed by atoms with Crippen molar-refractivity contribution in [3.63, 3.8) is 0 Å². The van der Waals surface area contributed by atoms with Gasteiger partial charge in [0.15, 0.2) is 0 Å². The maximum Gasteiger partial charge on any atom is 0.288 e. The topological polar surface area (TPSA) is 33.9 Å². The minimum absolute atomic E-state index is 0.133. The van der Waals surface area contributed by atoms with Gasteiger partial charge in [-0.05, 0) is 43.5 Å². The van der Waals surface area contributed by atoms with Gasteiger partial charge in [-0.25, -0.2) is 0 Å². The van der Waals surface area contributed by atoms with Crippen LogP contribution >= 0.6 is 0 Å². The molecule has 0 saturated heterocycles. The fourth-order valence-electron chi connectivity index (χ4n) is 3.69. The maximum absolute atomic E-state index is 10.6. The minimum atomic E-state index is 0.133. The predicted octanol–water partition coefficient (Wildman–Crippen LogP) is 3.65. The summed E-state index contributed by atoms with van der Waals surface area (Å²) >= 11 is 0. The van der Waals surface area contributed by atoms with Crippen molar-refractivity contribution in [2.24, 2.45) is 0 Å². The summed E-state index contributed by atoms with van der Waals surface area (Å²) in [6.07, 6.45) is 9.22. The summed E-state index contributed by atoms with van der Waals surface area (Å²) in [5, 5.41) is 10.6. The molecule has 0 amide bonds. The quantitative estimate of drug-likeness (QED) is 0.642. The van der Waals surface area contributed by atoms with Gasteiger partial charge in [0.1, 0.15) is 17.5 Å². The highest BCUT2D eigenvalue weighted by atomic mass is 16.5. The van der Waals surface area contributed by atoms with E-state index in [0.29, 0.717) is 5.75 Å². The first-order chi connectivity index (χ1) is 11.1. The van der Waals surface area contributed by atoms with Crippen molar-refractivity contribution in [2.45, 2.75) is 58.4 Å². The van der Waals surface area contributed by atoms with E-state index in [2.05, 4.69) is 32.6 Å². The molecule has 1 aromatic rings. The third-order valence-electron chi connectivity index (χ3n) is 5.02. The number of rotatable bonds is 5. The van der Waals surface area contributed by atoms with Crippen LogP contribution in [0, 0.1) is 0 Å². The first-order valence-corrected chi connectivity index (χ1v) is 8.86. The smallest absolute Gasteiger partial charge is 0.288 e. The van der Waals surface area contributed by atoms with E-state index in [-0.39, 0.29) is 6.04 Å². The molecule has 3 rings (SSSR count). The molecule has 0 bridgehead atoms. The Balaban J connectivity index is 1.87. The number of ether oxygens (including phenoxy) is 1. The summed E-state index contributed by atoms with van der Waals surface area (Å²) in [5.74, 6) is 1.93.